The van der Waals surface area contributed by atoms with Gasteiger partial charge in [0.25, 0.3) is 5.91 Å². The molecule has 2 amide bonds. The molecule has 0 aliphatic carbocycles. The standard InChI is InChI=1S/C11H20N2O5/c1-11(2,3)18-10(15)12-8-7-17-13(9(8)14)5-6-16-4/h8H,5-7H2,1-4H3,(H,12,15)/t8-/m1/s1. The zero-order valence-corrected chi connectivity index (χ0v) is 11.2. The van der Waals surface area contributed by atoms with E-state index in [1.54, 1.807) is 20.8 Å². The first-order valence-corrected chi connectivity index (χ1v) is 5.76. The average molecular weight is 260 g/mol. The number of hydroxylamine groups is 2. The van der Waals surface area contributed by atoms with Gasteiger partial charge in [0.1, 0.15) is 18.2 Å². The predicted molar refractivity (Wildman–Crippen MR) is 62.7 cm³/mol. The average Bonchev–Trinajstić information content (AvgIpc) is 2.55. The van der Waals surface area contributed by atoms with Crippen LogP contribution in [0.25, 0.3) is 0 Å². The number of ether oxygens (including phenoxy) is 2. The van der Waals surface area contributed by atoms with Crippen molar-refractivity contribution in [3.05, 3.63) is 0 Å². The van der Waals surface area contributed by atoms with Crippen LogP contribution < -0.4 is 5.32 Å². The summed E-state index contributed by atoms with van der Waals surface area (Å²) in [5.41, 5.74) is -0.595. The van der Waals surface area contributed by atoms with E-state index in [0.29, 0.717) is 13.2 Å². The van der Waals surface area contributed by atoms with Crippen molar-refractivity contribution in [2.45, 2.75) is 32.4 Å². The number of alkyl carbamates (subject to hydrolysis) is 1. The van der Waals surface area contributed by atoms with Gasteiger partial charge in [-0.3, -0.25) is 9.63 Å². The number of hydrogen-bond acceptors (Lipinski definition) is 5. The number of nitrogens with zero attached hydrogens (tertiary/aromatic N) is 1. The summed E-state index contributed by atoms with van der Waals surface area (Å²) in [5, 5.41) is 3.66. The molecular weight excluding hydrogens is 240 g/mol. The molecule has 0 aromatic heterocycles. The van der Waals surface area contributed by atoms with Gasteiger partial charge in [-0.15, -0.1) is 0 Å². The summed E-state index contributed by atoms with van der Waals surface area (Å²) in [6.45, 7) is 6.09. The highest BCUT2D eigenvalue weighted by Gasteiger charge is 2.35. The molecule has 1 fully saturated rings. The Labute approximate surface area is 106 Å². The van der Waals surface area contributed by atoms with Gasteiger partial charge in [0.15, 0.2) is 0 Å². The minimum atomic E-state index is -0.697. The van der Waals surface area contributed by atoms with Gasteiger partial charge in [0.2, 0.25) is 0 Å². The Balaban J connectivity index is 2.40. The Morgan fingerprint density at radius 3 is 2.78 bits per heavy atom. The third-order valence-electron chi connectivity index (χ3n) is 2.13. The second kappa shape index (κ2) is 6.01. The molecule has 1 aliphatic heterocycles. The molecule has 0 saturated carbocycles. The summed E-state index contributed by atoms with van der Waals surface area (Å²) in [4.78, 5) is 28.4. The molecule has 1 rings (SSSR count). The van der Waals surface area contributed by atoms with Gasteiger partial charge in [-0.2, -0.15) is 0 Å². The third-order valence-corrected chi connectivity index (χ3v) is 2.13. The Hall–Kier alpha value is -1.34. The minimum absolute atomic E-state index is 0.113. The van der Waals surface area contributed by atoms with Crippen molar-refractivity contribution in [1.82, 2.24) is 10.4 Å². The van der Waals surface area contributed by atoms with Crippen LogP contribution in [0, 0.1) is 0 Å². The number of methoxy groups -OCH3 is 1. The van der Waals surface area contributed by atoms with Crippen LogP contribution in [0.3, 0.4) is 0 Å². The van der Waals surface area contributed by atoms with Gasteiger partial charge in [-0.1, -0.05) is 0 Å². The summed E-state index contributed by atoms with van der Waals surface area (Å²) >= 11 is 0. The van der Waals surface area contributed by atoms with E-state index in [2.05, 4.69) is 5.32 Å². The summed E-state index contributed by atoms with van der Waals surface area (Å²) < 4.78 is 9.91. The first-order valence-electron chi connectivity index (χ1n) is 5.76. The summed E-state index contributed by atoms with van der Waals surface area (Å²) in [5.74, 6) is -0.294. The molecule has 1 heterocycles. The highest BCUT2D eigenvalue weighted by molar-refractivity contribution is 5.86. The van der Waals surface area contributed by atoms with E-state index in [9.17, 15) is 9.59 Å². The van der Waals surface area contributed by atoms with Gasteiger partial charge in [0, 0.05) is 7.11 Å². The fourth-order valence-corrected chi connectivity index (χ4v) is 1.38. The van der Waals surface area contributed by atoms with Crippen LogP contribution in [-0.4, -0.2) is 55.6 Å². The summed E-state index contributed by atoms with van der Waals surface area (Å²) in [6.07, 6.45) is -0.627. The normalized spacial score (nSPS) is 20.1. The molecule has 1 atom stereocenters. The molecule has 0 spiro atoms. The van der Waals surface area contributed by atoms with Crippen LogP contribution in [-0.2, 0) is 19.1 Å². The first kappa shape index (κ1) is 14.7. The quantitative estimate of drug-likeness (QED) is 0.786. The van der Waals surface area contributed by atoms with Crippen LogP contribution in [0.4, 0.5) is 4.79 Å². The molecule has 0 radical (unpaired) electrons. The van der Waals surface area contributed by atoms with Crippen molar-refractivity contribution >= 4 is 12.0 Å². The molecule has 104 valence electrons. The Kier molecular flexibility index (Phi) is 4.92. The van der Waals surface area contributed by atoms with Crippen LogP contribution in [0.5, 0.6) is 0 Å². The maximum absolute atomic E-state index is 11.8. The minimum Gasteiger partial charge on any atom is -0.444 e. The lowest BCUT2D eigenvalue weighted by molar-refractivity contribution is -0.164. The van der Waals surface area contributed by atoms with Crippen LogP contribution in [0.1, 0.15) is 20.8 Å². The lowest BCUT2D eigenvalue weighted by atomic mass is 10.2. The number of nitrogens with one attached hydrogen (secondary N) is 1. The number of hydrogen-bond donors (Lipinski definition) is 1. The fraction of sp³-hybridized carbons (Fsp3) is 0.818. The molecule has 7 nitrogen and oxygen atoms in total. The van der Waals surface area contributed by atoms with Gasteiger partial charge in [-0.25, -0.2) is 9.86 Å². The SMILES string of the molecule is COCCN1OC[C@@H](NC(=O)OC(C)(C)C)C1=O. The molecule has 1 N–H and O–H groups in total. The van der Waals surface area contributed by atoms with E-state index in [0.717, 1.165) is 0 Å². The zero-order chi connectivity index (χ0) is 13.8. The predicted octanol–water partition coefficient (Wildman–Crippen LogP) is 0.300. The first-order chi connectivity index (χ1) is 8.33. The van der Waals surface area contributed by atoms with E-state index >= 15 is 0 Å². The Morgan fingerprint density at radius 1 is 1.56 bits per heavy atom. The van der Waals surface area contributed by atoms with Gasteiger partial charge in [-0.05, 0) is 20.8 Å². The molecule has 1 saturated heterocycles. The van der Waals surface area contributed by atoms with E-state index in [-0.39, 0.29) is 12.5 Å². The van der Waals surface area contributed by atoms with Gasteiger partial charge in [0.05, 0.1) is 13.2 Å². The van der Waals surface area contributed by atoms with Crippen molar-refractivity contribution in [2.24, 2.45) is 0 Å². The zero-order valence-electron chi connectivity index (χ0n) is 11.2. The fourth-order valence-electron chi connectivity index (χ4n) is 1.38. The lowest BCUT2D eigenvalue weighted by Gasteiger charge is -2.20. The van der Waals surface area contributed by atoms with Crippen molar-refractivity contribution in [3.8, 4) is 0 Å². The Morgan fingerprint density at radius 2 is 2.22 bits per heavy atom. The van der Waals surface area contributed by atoms with Crippen LogP contribution in [0.2, 0.25) is 0 Å². The highest BCUT2D eigenvalue weighted by Crippen LogP contribution is 2.10. The molecule has 7 heteroatoms. The van der Waals surface area contributed by atoms with Crippen LogP contribution >= 0.6 is 0 Å². The largest absolute Gasteiger partial charge is 0.444 e. The maximum atomic E-state index is 11.8. The molecule has 0 unspecified atom stereocenters. The van der Waals surface area contributed by atoms with Crippen molar-refractivity contribution in [2.75, 3.05) is 26.9 Å². The smallest absolute Gasteiger partial charge is 0.408 e. The second-order valence-electron chi connectivity index (χ2n) is 4.93. The van der Waals surface area contributed by atoms with Crippen molar-refractivity contribution in [3.63, 3.8) is 0 Å². The van der Waals surface area contributed by atoms with Crippen molar-refractivity contribution < 1.29 is 23.9 Å². The molecule has 18 heavy (non-hydrogen) atoms. The number of carbonyl (C=O) groups excluding carboxylic acids is 2. The van der Waals surface area contributed by atoms with E-state index in [4.69, 9.17) is 14.3 Å². The molecular formula is C11H20N2O5. The summed E-state index contributed by atoms with van der Waals surface area (Å²) in [6, 6.07) is -0.697. The topological polar surface area (TPSA) is 77.1 Å². The van der Waals surface area contributed by atoms with Gasteiger partial charge >= 0.3 is 6.09 Å². The second-order valence-corrected chi connectivity index (χ2v) is 4.93. The maximum Gasteiger partial charge on any atom is 0.408 e. The number of amides is 2. The van der Waals surface area contributed by atoms with E-state index < -0.39 is 17.7 Å². The third kappa shape index (κ3) is 4.50. The van der Waals surface area contributed by atoms with Gasteiger partial charge < -0.3 is 14.8 Å². The van der Waals surface area contributed by atoms with Crippen molar-refractivity contribution in [1.29, 1.82) is 0 Å². The Bertz CT molecular complexity index is 313. The molecule has 0 bridgehead atoms. The molecule has 0 aromatic carbocycles. The number of carbonyl (C=O) groups is 2. The lowest BCUT2D eigenvalue weighted by Crippen LogP contribution is -2.45. The highest BCUT2D eigenvalue weighted by atomic mass is 16.7. The monoisotopic (exact) mass is 260 g/mol. The van der Waals surface area contributed by atoms with E-state index in [1.165, 1.54) is 12.2 Å². The summed E-state index contributed by atoms with van der Waals surface area (Å²) in [7, 11) is 1.54. The molecule has 1 aliphatic rings. The number of rotatable bonds is 4. The van der Waals surface area contributed by atoms with Crippen LogP contribution in [0.15, 0.2) is 0 Å². The molecule has 0 aromatic rings. The van der Waals surface area contributed by atoms with E-state index in [1.807, 2.05) is 0 Å².